The molecule has 3 rings (SSSR count). The van der Waals surface area contributed by atoms with Gasteiger partial charge in [-0.1, -0.05) is 6.07 Å². The molecule has 4 nitrogen and oxygen atoms in total. The standard InChI is InChI=1S/C17H24N2O2/c1-17(16(21)18-2)8-9-19(11-17)15-5-3-4-12-6-7-13(20)10-14(12)15/h6-7,10,15,20H,3-5,8-9,11H2,1-2H3,(H,18,21). The zero-order chi connectivity index (χ0) is 15.0. The largest absolute Gasteiger partial charge is 0.508 e. The maximum Gasteiger partial charge on any atom is 0.227 e. The maximum absolute atomic E-state index is 12.1. The van der Waals surface area contributed by atoms with Crippen molar-refractivity contribution < 1.29 is 9.90 Å². The molecule has 2 N–H and O–H groups in total. The lowest BCUT2D eigenvalue weighted by Gasteiger charge is -2.34. The van der Waals surface area contributed by atoms with E-state index in [0.717, 1.165) is 32.4 Å². The van der Waals surface area contributed by atoms with Crippen molar-refractivity contribution in [3.8, 4) is 5.75 Å². The number of phenolic OH excluding ortho intramolecular Hbond substituents is 1. The third-order valence-corrected chi connectivity index (χ3v) is 5.13. The fourth-order valence-electron chi connectivity index (χ4n) is 3.89. The number of phenols is 1. The van der Waals surface area contributed by atoms with E-state index in [1.807, 2.05) is 12.1 Å². The van der Waals surface area contributed by atoms with Gasteiger partial charge in [-0.05, 0) is 62.4 Å². The highest BCUT2D eigenvalue weighted by Gasteiger charge is 2.42. The second-order valence-corrected chi connectivity index (χ2v) is 6.65. The van der Waals surface area contributed by atoms with E-state index >= 15 is 0 Å². The monoisotopic (exact) mass is 288 g/mol. The normalized spacial score (nSPS) is 29.1. The number of amides is 1. The molecule has 2 unspecified atom stereocenters. The molecule has 2 atom stereocenters. The van der Waals surface area contributed by atoms with Gasteiger partial charge in [0.15, 0.2) is 0 Å². The van der Waals surface area contributed by atoms with E-state index in [4.69, 9.17) is 0 Å². The third kappa shape index (κ3) is 2.53. The molecule has 1 saturated heterocycles. The van der Waals surface area contributed by atoms with Gasteiger partial charge in [-0.25, -0.2) is 0 Å². The molecule has 0 saturated carbocycles. The second-order valence-electron chi connectivity index (χ2n) is 6.65. The maximum atomic E-state index is 12.1. The van der Waals surface area contributed by atoms with Crippen LogP contribution in [0.15, 0.2) is 18.2 Å². The van der Waals surface area contributed by atoms with Crippen molar-refractivity contribution in [2.75, 3.05) is 20.1 Å². The van der Waals surface area contributed by atoms with Crippen LogP contribution >= 0.6 is 0 Å². The lowest BCUT2D eigenvalue weighted by atomic mass is 9.86. The van der Waals surface area contributed by atoms with Crippen molar-refractivity contribution in [2.24, 2.45) is 5.41 Å². The van der Waals surface area contributed by atoms with Gasteiger partial charge in [0.2, 0.25) is 5.91 Å². The van der Waals surface area contributed by atoms with Crippen LogP contribution in [0.1, 0.15) is 43.4 Å². The van der Waals surface area contributed by atoms with E-state index in [2.05, 4.69) is 17.1 Å². The smallest absolute Gasteiger partial charge is 0.227 e. The Kier molecular flexibility index (Phi) is 3.66. The van der Waals surface area contributed by atoms with E-state index < -0.39 is 0 Å². The molecule has 1 amide bonds. The summed E-state index contributed by atoms with van der Waals surface area (Å²) < 4.78 is 0. The molecular weight excluding hydrogens is 264 g/mol. The molecule has 4 heteroatoms. The zero-order valence-corrected chi connectivity index (χ0v) is 12.9. The van der Waals surface area contributed by atoms with Gasteiger partial charge in [0.05, 0.1) is 5.41 Å². The van der Waals surface area contributed by atoms with Crippen LogP contribution < -0.4 is 5.32 Å². The highest BCUT2D eigenvalue weighted by Crippen LogP contribution is 2.41. The van der Waals surface area contributed by atoms with Crippen molar-refractivity contribution in [1.29, 1.82) is 0 Å². The fourth-order valence-corrected chi connectivity index (χ4v) is 3.89. The van der Waals surface area contributed by atoms with Crippen molar-refractivity contribution in [1.82, 2.24) is 10.2 Å². The minimum Gasteiger partial charge on any atom is -0.508 e. The van der Waals surface area contributed by atoms with Crippen LogP contribution in [0.25, 0.3) is 0 Å². The van der Waals surface area contributed by atoms with Crippen molar-refractivity contribution in [2.45, 2.75) is 38.6 Å². The molecule has 1 aliphatic heterocycles. The first-order chi connectivity index (χ1) is 10.0. The molecule has 1 aliphatic carbocycles. The molecule has 1 heterocycles. The average molecular weight is 288 g/mol. The van der Waals surface area contributed by atoms with Crippen LogP contribution in [-0.2, 0) is 11.2 Å². The first-order valence-electron chi connectivity index (χ1n) is 7.81. The Hall–Kier alpha value is -1.55. The Morgan fingerprint density at radius 3 is 3.05 bits per heavy atom. The minimum absolute atomic E-state index is 0.136. The van der Waals surface area contributed by atoms with Crippen LogP contribution in [0.3, 0.4) is 0 Å². The van der Waals surface area contributed by atoms with Crippen LogP contribution in [0.4, 0.5) is 0 Å². The molecule has 0 spiro atoms. The summed E-state index contributed by atoms with van der Waals surface area (Å²) in [5.74, 6) is 0.478. The highest BCUT2D eigenvalue weighted by molar-refractivity contribution is 5.82. The number of hydrogen-bond donors (Lipinski definition) is 2. The lowest BCUT2D eigenvalue weighted by molar-refractivity contribution is -0.129. The Bertz CT molecular complexity index is 558. The Balaban J connectivity index is 1.84. The zero-order valence-electron chi connectivity index (χ0n) is 12.9. The lowest BCUT2D eigenvalue weighted by Crippen LogP contribution is -2.40. The van der Waals surface area contributed by atoms with Gasteiger partial charge in [-0.15, -0.1) is 0 Å². The molecule has 1 fully saturated rings. The van der Waals surface area contributed by atoms with Gasteiger partial charge in [-0.2, -0.15) is 0 Å². The summed E-state index contributed by atoms with van der Waals surface area (Å²) in [6, 6.07) is 6.08. The Morgan fingerprint density at radius 2 is 2.29 bits per heavy atom. The minimum atomic E-state index is -0.289. The third-order valence-electron chi connectivity index (χ3n) is 5.13. The Morgan fingerprint density at radius 1 is 1.48 bits per heavy atom. The number of likely N-dealkylation sites (tertiary alicyclic amines) is 1. The van der Waals surface area contributed by atoms with Gasteiger partial charge < -0.3 is 10.4 Å². The van der Waals surface area contributed by atoms with Crippen LogP contribution in [0.2, 0.25) is 0 Å². The molecule has 21 heavy (non-hydrogen) atoms. The molecule has 2 aliphatic rings. The number of carbonyl (C=O) groups is 1. The SMILES string of the molecule is CNC(=O)C1(C)CCN(C2CCCc3ccc(O)cc32)C1. The van der Waals surface area contributed by atoms with Crippen molar-refractivity contribution in [3.05, 3.63) is 29.3 Å². The predicted octanol–water partition coefficient (Wildman–Crippen LogP) is 2.23. The number of rotatable bonds is 2. The predicted molar refractivity (Wildman–Crippen MR) is 82.1 cm³/mol. The number of aryl methyl sites for hydroxylation is 1. The molecule has 0 radical (unpaired) electrons. The van der Waals surface area contributed by atoms with Crippen LogP contribution in [0, 0.1) is 5.41 Å². The van der Waals surface area contributed by atoms with Gasteiger partial charge in [0, 0.05) is 19.6 Å². The molecule has 1 aromatic carbocycles. The number of hydrogen-bond acceptors (Lipinski definition) is 3. The van der Waals surface area contributed by atoms with Gasteiger partial charge in [-0.3, -0.25) is 9.69 Å². The number of carbonyl (C=O) groups excluding carboxylic acids is 1. The summed E-state index contributed by atoms with van der Waals surface area (Å²) >= 11 is 0. The topological polar surface area (TPSA) is 52.6 Å². The quantitative estimate of drug-likeness (QED) is 0.877. The summed E-state index contributed by atoms with van der Waals surface area (Å²) in [5.41, 5.74) is 2.31. The summed E-state index contributed by atoms with van der Waals surface area (Å²) in [5, 5.41) is 12.6. The highest BCUT2D eigenvalue weighted by atomic mass is 16.3. The van der Waals surface area contributed by atoms with Crippen LogP contribution in [0.5, 0.6) is 5.75 Å². The van der Waals surface area contributed by atoms with Crippen molar-refractivity contribution in [3.63, 3.8) is 0 Å². The average Bonchev–Trinajstić information content (AvgIpc) is 2.89. The van der Waals surface area contributed by atoms with E-state index in [1.54, 1.807) is 13.1 Å². The Labute approximate surface area is 126 Å². The van der Waals surface area contributed by atoms with E-state index in [9.17, 15) is 9.90 Å². The second kappa shape index (κ2) is 5.34. The number of nitrogens with one attached hydrogen (secondary N) is 1. The molecule has 1 aromatic rings. The summed E-state index contributed by atoms with van der Waals surface area (Å²) in [4.78, 5) is 14.5. The van der Waals surface area contributed by atoms with E-state index in [0.29, 0.717) is 11.8 Å². The van der Waals surface area contributed by atoms with Gasteiger partial charge >= 0.3 is 0 Å². The summed E-state index contributed by atoms with van der Waals surface area (Å²) in [6.45, 7) is 3.80. The van der Waals surface area contributed by atoms with Gasteiger partial charge in [0.1, 0.15) is 5.75 Å². The molecular formula is C17H24N2O2. The first kappa shape index (κ1) is 14.4. The van der Waals surface area contributed by atoms with E-state index in [-0.39, 0.29) is 11.3 Å². The number of nitrogens with zero attached hydrogens (tertiary/aromatic N) is 1. The molecule has 0 bridgehead atoms. The van der Waals surface area contributed by atoms with Gasteiger partial charge in [0.25, 0.3) is 0 Å². The van der Waals surface area contributed by atoms with E-state index in [1.165, 1.54) is 17.5 Å². The summed E-state index contributed by atoms with van der Waals surface area (Å²) in [7, 11) is 1.71. The molecule has 114 valence electrons. The van der Waals surface area contributed by atoms with Crippen molar-refractivity contribution >= 4 is 5.91 Å². The number of fused-ring (bicyclic) bond motifs is 1. The number of benzene rings is 1. The first-order valence-corrected chi connectivity index (χ1v) is 7.81. The number of aromatic hydroxyl groups is 1. The fraction of sp³-hybridized carbons (Fsp3) is 0.588. The molecule has 0 aromatic heterocycles. The van der Waals surface area contributed by atoms with Crippen LogP contribution in [-0.4, -0.2) is 36.1 Å². The summed E-state index contributed by atoms with van der Waals surface area (Å²) in [6.07, 6.45) is 4.28.